The minimum Gasteiger partial charge on any atom is -0.325 e. The largest absolute Gasteiger partial charge is 0.325 e. The van der Waals surface area contributed by atoms with E-state index in [9.17, 15) is 27.2 Å². The Morgan fingerprint density at radius 2 is 1.73 bits per heavy atom. The lowest BCUT2D eigenvalue weighted by Crippen LogP contribution is -2.21. The van der Waals surface area contributed by atoms with Gasteiger partial charge in [0, 0.05) is 6.42 Å². The number of hydrogen-bond donors (Lipinski definition) is 2. The zero-order valence-corrected chi connectivity index (χ0v) is 14.1. The van der Waals surface area contributed by atoms with Crippen LogP contribution in [-0.4, -0.2) is 31.9 Å². The van der Waals surface area contributed by atoms with E-state index in [1.165, 1.54) is 18.2 Å². The molecule has 26 heavy (non-hydrogen) atoms. The lowest BCUT2D eigenvalue weighted by molar-refractivity contribution is -0.115. The first-order valence-corrected chi connectivity index (χ1v) is 9.20. The normalized spacial score (nSPS) is 13.3. The van der Waals surface area contributed by atoms with Crippen LogP contribution in [0.3, 0.4) is 0 Å². The molecule has 0 radical (unpaired) electrons. The van der Waals surface area contributed by atoms with Crippen LogP contribution in [0.1, 0.15) is 27.1 Å². The molecule has 9 heteroatoms. The van der Waals surface area contributed by atoms with Gasteiger partial charge >= 0.3 is 0 Å². The molecule has 2 aromatic rings. The highest BCUT2D eigenvalue weighted by Gasteiger charge is 2.29. The average Bonchev–Trinajstić information content (AvgIpc) is 2.89. The van der Waals surface area contributed by atoms with Crippen molar-refractivity contribution in [1.82, 2.24) is 5.32 Å². The number of carbonyl (C=O) groups is 3. The van der Waals surface area contributed by atoms with Crippen LogP contribution in [0.4, 0.5) is 10.1 Å². The van der Waals surface area contributed by atoms with E-state index in [-0.39, 0.29) is 28.1 Å². The number of amides is 3. The maximum absolute atomic E-state index is 12.9. The third kappa shape index (κ3) is 3.47. The molecule has 3 rings (SSSR count). The van der Waals surface area contributed by atoms with Crippen molar-refractivity contribution in [2.24, 2.45) is 0 Å². The van der Waals surface area contributed by atoms with Gasteiger partial charge in [-0.25, -0.2) is 12.8 Å². The third-order valence-corrected chi connectivity index (χ3v) is 5.54. The second kappa shape index (κ2) is 6.68. The summed E-state index contributed by atoms with van der Waals surface area (Å²) in [6, 6.07) is 8.70. The average molecular weight is 376 g/mol. The summed E-state index contributed by atoms with van der Waals surface area (Å²) in [6.45, 7) is 0. The van der Waals surface area contributed by atoms with Gasteiger partial charge in [-0.3, -0.25) is 19.7 Å². The molecule has 0 unspecified atom stereocenters. The molecule has 2 N–H and O–H groups in total. The maximum atomic E-state index is 12.9. The molecule has 0 atom stereocenters. The molecule has 134 valence electrons. The number of sulfone groups is 1. The van der Waals surface area contributed by atoms with Gasteiger partial charge < -0.3 is 5.32 Å². The molecule has 3 amide bonds. The van der Waals surface area contributed by atoms with Crippen molar-refractivity contribution >= 4 is 33.2 Å². The predicted molar refractivity (Wildman–Crippen MR) is 89.9 cm³/mol. The van der Waals surface area contributed by atoms with Gasteiger partial charge in [0.25, 0.3) is 11.8 Å². The Balaban J connectivity index is 1.70. The van der Waals surface area contributed by atoms with Crippen LogP contribution in [0.25, 0.3) is 0 Å². The van der Waals surface area contributed by atoms with Crippen molar-refractivity contribution < 1.29 is 27.2 Å². The van der Waals surface area contributed by atoms with Crippen LogP contribution < -0.4 is 10.6 Å². The molecular formula is C17H13FN2O5S. The number of fused-ring (bicyclic) bond motifs is 1. The first kappa shape index (κ1) is 17.7. The standard InChI is InChI=1S/C17H13FN2O5S/c18-10-4-6-11(7-5-10)26(24,25)9-8-14(21)19-13-3-1-2-12-15(13)17(23)20-16(12)22/h1-7H,8-9H2,(H,19,21)(H,20,22,23). The van der Waals surface area contributed by atoms with Crippen LogP contribution in [0.5, 0.6) is 0 Å². The minimum absolute atomic E-state index is 0.0484. The lowest BCUT2D eigenvalue weighted by atomic mass is 10.1. The van der Waals surface area contributed by atoms with Gasteiger partial charge in [-0.1, -0.05) is 6.07 Å². The Labute approximate surface area is 148 Å². The van der Waals surface area contributed by atoms with Crippen molar-refractivity contribution in [2.75, 3.05) is 11.1 Å². The van der Waals surface area contributed by atoms with Crippen LogP contribution in [-0.2, 0) is 14.6 Å². The van der Waals surface area contributed by atoms with Gasteiger partial charge in [-0.15, -0.1) is 0 Å². The summed E-state index contributed by atoms with van der Waals surface area (Å²) in [5.74, 6) is -2.85. The van der Waals surface area contributed by atoms with E-state index >= 15 is 0 Å². The van der Waals surface area contributed by atoms with Crippen molar-refractivity contribution in [1.29, 1.82) is 0 Å². The van der Waals surface area contributed by atoms with E-state index in [1.807, 2.05) is 0 Å². The molecule has 1 heterocycles. The molecule has 2 aromatic carbocycles. The number of rotatable bonds is 5. The second-order valence-corrected chi connectivity index (χ2v) is 7.69. The summed E-state index contributed by atoms with van der Waals surface area (Å²) in [5.41, 5.74) is 0.328. The number of nitrogens with one attached hydrogen (secondary N) is 2. The number of halogens is 1. The minimum atomic E-state index is -3.76. The Hall–Kier alpha value is -3.07. The van der Waals surface area contributed by atoms with Crippen LogP contribution in [0, 0.1) is 5.82 Å². The molecule has 0 saturated carbocycles. The fraction of sp³-hybridized carbons (Fsp3) is 0.118. The number of hydrogen-bond acceptors (Lipinski definition) is 5. The van der Waals surface area contributed by atoms with Crippen LogP contribution >= 0.6 is 0 Å². The molecule has 7 nitrogen and oxygen atoms in total. The zero-order valence-electron chi connectivity index (χ0n) is 13.3. The van der Waals surface area contributed by atoms with Crippen molar-refractivity contribution in [3.8, 4) is 0 Å². The van der Waals surface area contributed by atoms with E-state index in [2.05, 4.69) is 10.6 Å². The molecule has 0 spiro atoms. The fourth-order valence-electron chi connectivity index (χ4n) is 2.52. The van der Waals surface area contributed by atoms with Crippen LogP contribution in [0.15, 0.2) is 47.4 Å². The molecular weight excluding hydrogens is 363 g/mol. The predicted octanol–water partition coefficient (Wildman–Crippen LogP) is 1.51. The van der Waals surface area contributed by atoms with Gasteiger partial charge in [-0.2, -0.15) is 0 Å². The van der Waals surface area contributed by atoms with E-state index in [0.717, 1.165) is 24.3 Å². The number of anilines is 1. The summed E-state index contributed by atoms with van der Waals surface area (Å²) < 4.78 is 37.2. The molecule has 0 fully saturated rings. The van der Waals surface area contributed by atoms with Gasteiger partial charge in [0.2, 0.25) is 5.91 Å². The monoisotopic (exact) mass is 376 g/mol. The Bertz CT molecular complexity index is 1020. The van der Waals surface area contributed by atoms with E-state index < -0.39 is 39.1 Å². The van der Waals surface area contributed by atoms with Gasteiger partial charge in [0.15, 0.2) is 9.84 Å². The Morgan fingerprint density at radius 3 is 2.42 bits per heavy atom. The molecule has 0 aliphatic carbocycles. The Morgan fingerprint density at radius 1 is 1.04 bits per heavy atom. The highest BCUT2D eigenvalue weighted by molar-refractivity contribution is 7.91. The summed E-state index contributed by atoms with van der Waals surface area (Å²) in [5, 5.41) is 4.57. The molecule has 1 aliphatic heterocycles. The highest BCUT2D eigenvalue weighted by atomic mass is 32.2. The lowest BCUT2D eigenvalue weighted by Gasteiger charge is -2.09. The molecule has 0 aromatic heterocycles. The first-order chi connectivity index (χ1) is 12.3. The highest BCUT2D eigenvalue weighted by Crippen LogP contribution is 2.24. The first-order valence-electron chi connectivity index (χ1n) is 7.55. The molecule has 0 saturated heterocycles. The number of carbonyl (C=O) groups excluding carboxylic acids is 3. The smallest absolute Gasteiger partial charge is 0.261 e. The van der Waals surface area contributed by atoms with Crippen molar-refractivity contribution in [2.45, 2.75) is 11.3 Å². The van der Waals surface area contributed by atoms with Gasteiger partial charge in [0.1, 0.15) is 5.82 Å². The van der Waals surface area contributed by atoms with E-state index in [0.29, 0.717) is 0 Å². The SMILES string of the molecule is O=C(CCS(=O)(=O)c1ccc(F)cc1)Nc1cccc2c1C(=O)NC2=O. The molecule has 1 aliphatic rings. The fourth-order valence-corrected chi connectivity index (χ4v) is 3.76. The van der Waals surface area contributed by atoms with Crippen molar-refractivity contribution in [3.05, 3.63) is 59.4 Å². The summed E-state index contributed by atoms with van der Waals surface area (Å²) in [4.78, 5) is 35.4. The van der Waals surface area contributed by atoms with Gasteiger partial charge in [0.05, 0.1) is 27.5 Å². The third-order valence-electron chi connectivity index (χ3n) is 3.81. The van der Waals surface area contributed by atoms with E-state index in [1.54, 1.807) is 0 Å². The quantitative estimate of drug-likeness (QED) is 0.607. The summed E-state index contributed by atoms with van der Waals surface area (Å²) >= 11 is 0. The van der Waals surface area contributed by atoms with Crippen molar-refractivity contribution in [3.63, 3.8) is 0 Å². The van der Waals surface area contributed by atoms with Gasteiger partial charge in [-0.05, 0) is 36.4 Å². The number of imide groups is 1. The maximum Gasteiger partial charge on any atom is 0.261 e. The summed E-state index contributed by atoms with van der Waals surface area (Å²) in [7, 11) is -3.76. The zero-order chi connectivity index (χ0) is 18.9. The second-order valence-electron chi connectivity index (χ2n) is 5.58. The summed E-state index contributed by atoms with van der Waals surface area (Å²) in [6.07, 6.45) is -0.362. The Kier molecular flexibility index (Phi) is 4.56. The number of benzene rings is 2. The van der Waals surface area contributed by atoms with Crippen LogP contribution in [0.2, 0.25) is 0 Å². The van der Waals surface area contributed by atoms with E-state index in [4.69, 9.17) is 0 Å². The topological polar surface area (TPSA) is 109 Å². The molecule has 0 bridgehead atoms.